The Balaban J connectivity index is 2.35. The van der Waals surface area contributed by atoms with Crippen molar-refractivity contribution >= 4 is 23.3 Å². The maximum absolute atomic E-state index is 12.3. The molecule has 0 aliphatic rings. The highest BCUT2D eigenvalue weighted by Crippen LogP contribution is 2.26. The molecule has 2 rings (SSSR count). The number of amides is 1. The lowest BCUT2D eigenvalue weighted by Crippen LogP contribution is -2.16. The molecule has 8 heteroatoms. The normalized spacial score (nSPS) is 10.0. The molecule has 0 aromatic heterocycles. The Bertz CT molecular complexity index is 803. The lowest BCUT2D eigenvalue weighted by Gasteiger charge is -2.10. The van der Waals surface area contributed by atoms with Crippen LogP contribution in [0.3, 0.4) is 0 Å². The fraction of sp³-hybridized carbons (Fsp3) is 0.125. The number of benzene rings is 2. The summed E-state index contributed by atoms with van der Waals surface area (Å²) < 4.78 is 5.24. The molecular formula is C16H14N2O6. The van der Waals surface area contributed by atoms with Crippen LogP contribution in [0.5, 0.6) is 5.75 Å². The third kappa shape index (κ3) is 3.86. The highest BCUT2D eigenvalue weighted by atomic mass is 16.6. The van der Waals surface area contributed by atoms with Gasteiger partial charge in [0.05, 0.1) is 34.4 Å². The number of hydrogen-bond donors (Lipinski definition) is 2. The molecule has 0 heterocycles. The quantitative estimate of drug-likeness (QED) is 0.621. The molecule has 0 aliphatic heterocycles. The topological polar surface area (TPSA) is 119 Å². The minimum atomic E-state index is -1.24. The first-order valence-electron chi connectivity index (χ1n) is 6.98. The third-order valence-corrected chi connectivity index (χ3v) is 3.07. The van der Waals surface area contributed by atoms with Crippen molar-refractivity contribution in [1.29, 1.82) is 0 Å². The molecule has 0 atom stereocenters. The number of rotatable bonds is 6. The van der Waals surface area contributed by atoms with Gasteiger partial charge >= 0.3 is 5.97 Å². The number of anilines is 1. The molecule has 0 saturated carbocycles. The van der Waals surface area contributed by atoms with Crippen molar-refractivity contribution < 1.29 is 24.4 Å². The van der Waals surface area contributed by atoms with Crippen molar-refractivity contribution in [2.45, 2.75) is 6.92 Å². The number of aromatic carboxylic acids is 1. The first-order valence-corrected chi connectivity index (χ1v) is 6.98. The molecule has 0 unspecified atom stereocenters. The second-order valence-electron chi connectivity index (χ2n) is 4.71. The summed E-state index contributed by atoms with van der Waals surface area (Å²) in [6.45, 7) is 2.02. The van der Waals surface area contributed by atoms with Crippen LogP contribution in [-0.2, 0) is 0 Å². The summed E-state index contributed by atoms with van der Waals surface area (Å²) in [4.78, 5) is 33.8. The van der Waals surface area contributed by atoms with Crippen molar-refractivity contribution in [3.63, 3.8) is 0 Å². The number of carbonyl (C=O) groups excluding carboxylic acids is 1. The maximum Gasteiger partial charge on any atom is 0.336 e. The van der Waals surface area contributed by atoms with Crippen LogP contribution in [0.25, 0.3) is 0 Å². The van der Waals surface area contributed by atoms with Gasteiger partial charge in [-0.25, -0.2) is 4.79 Å². The fourth-order valence-electron chi connectivity index (χ4n) is 2.08. The number of ether oxygens (including phenoxy) is 1. The van der Waals surface area contributed by atoms with E-state index in [0.29, 0.717) is 6.61 Å². The van der Waals surface area contributed by atoms with Gasteiger partial charge in [-0.1, -0.05) is 12.1 Å². The Morgan fingerprint density at radius 1 is 1.21 bits per heavy atom. The predicted molar refractivity (Wildman–Crippen MR) is 85.6 cm³/mol. The first-order chi connectivity index (χ1) is 11.4. The van der Waals surface area contributed by atoms with Crippen LogP contribution in [0.4, 0.5) is 11.4 Å². The zero-order valence-electron chi connectivity index (χ0n) is 12.7. The number of carboxylic acids is 1. The van der Waals surface area contributed by atoms with Gasteiger partial charge in [0.2, 0.25) is 0 Å². The largest absolute Gasteiger partial charge is 0.494 e. The highest BCUT2D eigenvalue weighted by Gasteiger charge is 2.17. The summed E-state index contributed by atoms with van der Waals surface area (Å²) in [7, 11) is 0. The van der Waals surface area contributed by atoms with E-state index >= 15 is 0 Å². The number of hydrogen-bond acceptors (Lipinski definition) is 5. The third-order valence-electron chi connectivity index (χ3n) is 3.07. The van der Waals surface area contributed by atoms with Crippen molar-refractivity contribution in [3.05, 3.63) is 63.7 Å². The van der Waals surface area contributed by atoms with Crippen molar-refractivity contribution in [3.8, 4) is 5.75 Å². The molecular weight excluding hydrogens is 316 g/mol. The van der Waals surface area contributed by atoms with Crippen LogP contribution in [-0.4, -0.2) is 28.5 Å². The lowest BCUT2D eigenvalue weighted by molar-refractivity contribution is -0.384. The number of carboxylic acid groups (broad SMARTS) is 1. The van der Waals surface area contributed by atoms with Gasteiger partial charge in [0.1, 0.15) is 5.75 Å². The predicted octanol–water partition coefficient (Wildman–Crippen LogP) is 2.94. The molecule has 0 fully saturated rings. The molecule has 0 aliphatic carbocycles. The highest BCUT2D eigenvalue weighted by molar-refractivity contribution is 6.10. The molecule has 2 aromatic rings. The average Bonchev–Trinajstić information content (AvgIpc) is 2.54. The fourth-order valence-corrected chi connectivity index (χ4v) is 2.08. The van der Waals surface area contributed by atoms with E-state index in [1.54, 1.807) is 6.92 Å². The zero-order chi connectivity index (χ0) is 17.7. The second-order valence-corrected chi connectivity index (χ2v) is 4.71. The van der Waals surface area contributed by atoms with Crippen LogP contribution in [0.2, 0.25) is 0 Å². The van der Waals surface area contributed by atoms with E-state index in [4.69, 9.17) is 9.84 Å². The van der Waals surface area contributed by atoms with E-state index in [9.17, 15) is 19.7 Å². The minimum Gasteiger partial charge on any atom is -0.494 e. The van der Waals surface area contributed by atoms with Gasteiger partial charge in [-0.15, -0.1) is 0 Å². The molecule has 124 valence electrons. The number of nitro groups is 1. The molecule has 2 aromatic carbocycles. The van der Waals surface area contributed by atoms with Crippen LogP contribution in [0.1, 0.15) is 27.6 Å². The Labute approximate surface area is 136 Å². The Kier molecular flexibility index (Phi) is 5.10. The summed E-state index contributed by atoms with van der Waals surface area (Å²) in [5, 5.41) is 22.6. The van der Waals surface area contributed by atoms with Gasteiger partial charge in [-0.3, -0.25) is 14.9 Å². The summed E-state index contributed by atoms with van der Waals surface area (Å²) in [6, 6.07) is 9.53. The number of nitro benzene ring substituents is 1. The number of carbonyl (C=O) groups is 2. The summed E-state index contributed by atoms with van der Waals surface area (Å²) in [6.07, 6.45) is 0. The number of nitrogens with one attached hydrogen (secondary N) is 1. The van der Waals surface area contributed by atoms with Crippen LogP contribution in [0.15, 0.2) is 42.5 Å². The Morgan fingerprint density at radius 2 is 1.88 bits per heavy atom. The second kappa shape index (κ2) is 7.23. The first kappa shape index (κ1) is 16.9. The SMILES string of the molecule is CCOc1cc(NC(=O)c2ccccc2C(=O)O)cc([N+](=O)[O-])c1. The number of nitrogens with zero attached hydrogens (tertiary/aromatic N) is 1. The summed E-state index contributed by atoms with van der Waals surface area (Å²) in [5.74, 6) is -1.70. The van der Waals surface area contributed by atoms with Crippen molar-refractivity contribution in [2.24, 2.45) is 0 Å². The van der Waals surface area contributed by atoms with Gasteiger partial charge in [-0.05, 0) is 19.1 Å². The van der Waals surface area contributed by atoms with Gasteiger partial charge in [0.25, 0.3) is 11.6 Å². The zero-order valence-corrected chi connectivity index (χ0v) is 12.7. The van der Waals surface area contributed by atoms with Crippen LogP contribution >= 0.6 is 0 Å². The Hall–Kier alpha value is -3.42. The van der Waals surface area contributed by atoms with E-state index in [2.05, 4.69) is 5.32 Å². The molecule has 0 radical (unpaired) electrons. The molecule has 1 amide bonds. The van der Waals surface area contributed by atoms with Gasteiger partial charge in [-0.2, -0.15) is 0 Å². The standard InChI is InChI=1S/C16H14N2O6/c1-2-24-12-8-10(7-11(9-12)18(22)23)17-15(19)13-5-3-4-6-14(13)16(20)21/h3-9H,2H2,1H3,(H,17,19)(H,20,21). The molecule has 0 saturated heterocycles. The maximum atomic E-state index is 12.3. The van der Waals surface area contributed by atoms with Crippen molar-refractivity contribution in [2.75, 3.05) is 11.9 Å². The van der Waals surface area contributed by atoms with E-state index in [1.807, 2.05) is 0 Å². The van der Waals surface area contributed by atoms with Crippen LogP contribution < -0.4 is 10.1 Å². The lowest BCUT2D eigenvalue weighted by atomic mass is 10.1. The Morgan fingerprint density at radius 3 is 2.46 bits per heavy atom. The molecule has 0 spiro atoms. The van der Waals surface area contributed by atoms with E-state index in [0.717, 1.165) is 0 Å². The molecule has 2 N–H and O–H groups in total. The van der Waals surface area contributed by atoms with Crippen LogP contribution in [0, 0.1) is 10.1 Å². The number of non-ortho nitro benzene ring substituents is 1. The van der Waals surface area contributed by atoms with E-state index in [-0.39, 0.29) is 28.3 Å². The minimum absolute atomic E-state index is 0.0468. The van der Waals surface area contributed by atoms with Gasteiger partial charge in [0, 0.05) is 12.1 Å². The van der Waals surface area contributed by atoms with Gasteiger partial charge < -0.3 is 15.2 Å². The smallest absolute Gasteiger partial charge is 0.336 e. The van der Waals surface area contributed by atoms with E-state index in [1.165, 1.54) is 42.5 Å². The van der Waals surface area contributed by atoms with E-state index < -0.39 is 16.8 Å². The summed E-state index contributed by atoms with van der Waals surface area (Å²) >= 11 is 0. The summed E-state index contributed by atoms with van der Waals surface area (Å²) in [5.41, 5.74) is -0.319. The average molecular weight is 330 g/mol. The van der Waals surface area contributed by atoms with Crippen molar-refractivity contribution in [1.82, 2.24) is 0 Å². The molecule has 8 nitrogen and oxygen atoms in total. The van der Waals surface area contributed by atoms with Gasteiger partial charge in [0.15, 0.2) is 0 Å². The molecule has 24 heavy (non-hydrogen) atoms. The molecule has 0 bridgehead atoms. The monoisotopic (exact) mass is 330 g/mol.